The van der Waals surface area contributed by atoms with Gasteiger partial charge >= 0.3 is 5.97 Å². The number of esters is 1. The predicted molar refractivity (Wildman–Crippen MR) is 83.7 cm³/mol. The predicted octanol–water partition coefficient (Wildman–Crippen LogP) is 4.83. The lowest BCUT2D eigenvalue weighted by Gasteiger charge is -2.38. The van der Waals surface area contributed by atoms with Crippen LogP contribution in [-0.4, -0.2) is 5.97 Å². The Morgan fingerprint density at radius 2 is 2.30 bits per heavy atom. The maximum Gasteiger partial charge on any atom is 0.333 e. The van der Waals surface area contributed by atoms with Gasteiger partial charge in [0.25, 0.3) is 0 Å². The van der Waals surface area contributed by atoms with Gasteiger partial charge in [-0.25, -0.2) is 4.79 Å². The van der Waals surface area contributed by atoms with Gasteiger partial charge in [0.1, 0.15) is 5.60 Å². The average molecular weight is 290 g/mol. The Hall–Kier alpha value is -1.35. The van der Waals surface area contributed by atoms with Crippen molar-refractivity contribution in [2.75, 3.05) is 0 Å². The fourth-order valence-corrected chi connectivity index (χ4v) is 3.43. The van der Waals surface area contributed by atoms with Crippen LogP contribution in [-0.2, 0) is 15.1 Å². The molecule has 0 fully saturated rings. The van der Waals surface area contributed by atoms with Gasteiger partial charge in [-0.15, -0.1) is 0 Å². The van der Waals surface area contributed by atoms with Crippen LogP contribution in [0.1, 0.15) is 45.6 Å². The molecule has 20 heavy (non-hydrogen) atoms. The first-order chi connectivity index (χ1) is 9.43. The fourth-order valence-electron chi connectivity index (χ4n) is 2.67. The molecule has 0 aliphatic heterocycles. The van der Waals surface area contributed by atoms with Gasteiger partial charge in [-0.2, -0.15) is 11.3 Å². The van der Waals surface area contributed by atoms with E-state index in [-0.39, 0.29) is 5.97 Å². The van der Waals surface area contributed by atoms with E-state index < -0.39 is 5.60 Å². The Morgan fingerprint density at radius 1 is 1.55 bits per heavy atom. The van der Waals surface area contributed by atoms with Crippen molar-refractivity contribution in [1.29, 1.82) is 0 Å². The van der Waals surface area contributed by atoms with Crippen LogP contribution in [0.5, 0.6) is 0 Å². The summed E-state index contributed by atoms with van der Waals surface area (Å²) in [6, 6.07) is 2.06. The van der Waals surface area contributed by atoms with Gasteiger partial charge < -0.3 is 4.74 Å². The second-order valence-electron chi connectivity index (χ2n) is 5.81. The van der Waals surface area contributed by atoms with E-state index in [1.54, 1.807) is 18.3 Å². The minimum absolute atomic E-state index is 0.301. The molecule has 0 spiro atoms. The molecule has 2 rings (SSSR count). The molecule has 1 heterocycles. The summed E-state index contributed by atoms with van der Waals surface area (Å²) in [5.74, 6) is 0.0223. The van der Waals surface area contributed by atoms with Crippen molar-refractivity contribution in [3.05, 3.63) is 46.2 Å². The zero-order valence-corrected chi connectivity index (χ0v) is 13.3. The minimum Gasteiger partial charge on any atom is -0.451 e. The normalized spacial score (nSPS) is 21.8. The molecule has 1 aromatic heterocycles. The van der Waals surface area contributed by atoms with Crippen LogP contribution in [0.25, 0.3) is 0 Å². The van der Waals surface area contributed by atoms with E-state index in [4.69, 9.17) is 4.74 Å². The molecule has 0 saturated carbocycles. The summed E-state index contributed by atoms with van der Waals surface area (Å²) in [4.78, 5) is 12.0. The zero-order valence-electron chi connectivity index (χ0n) is 12.4. The third-order valence-corrected chi connectivity index (χ3v) is 4.85. The molecule has 2 nitrogen and oxygen atoms in total. The second kappa shape index (κ2) is 5.96. The summed E-state index contributed by atoms with van der Waals surface area (Å²) >= 11 is 1.64. The first kappa shape index (κ1) is 15.0. The molecule has 1 aliphatic carbocycles. The third-order valence-electron chi connectivity index (χ3n) is 4.16. The lowest BCUT2D eigenvalue weighted by Crippen LogP contribution is -2.38. The van der Waals surface area contributed by atoms with Crippen LogP contribution in [0.2, 0.25) is 0 Å². The van der Waals surface area contributed by atoms with Gasteiger partial charge in [0, 0.05) is 17.1 Å². The molecule has 0 saturated heterocycles. The number of carbonyl (C=O) groups excluding carboxylic acids is 1. The summed E-state index contributed by atoms with van der Waals surface area (Å²) in [6.45, 7) is 9.59. The molecule has 3 heteroatoms. The van der Waals surface area contributed by atoms with Crippen LogP contribution >= 0.6 is 11.3 Å². The van der Waals surface area contributed by atoms with Crippen molar-refractivity contribution < 1.29 is 9.53 Å². The quantitative estimate of drug-likeness (QED) is 0.451. The highest BCUT2D eigenvalue weighted by Gasteiger charge is 2.40. The fraction of sp³-hybridized carbons (Fsp3) is 0.471. The maximum atomic E-state index is 12.0. The zero-order chi connectivity index (χ0) is 14.8. The number of thiophene rings is 1. The summed E-state index contributed by atoms with van der Waals surface area (Å²) < 4.78 is 5.86. The molecule has 2 atom stereocenters. The van der Waals surface area contributed by atoms with Gasteiger partial charge in [0.15, 0.2) is 0 Å². The first-order valence-electron chi connectivity index (χ1n) is 7.00. The van der Waals surface area contributed by atoms with Gasteiger partial charge in [0.2, 0.25) is 0 Å². The van der Waals surface area contributed by atoms with Crippen molar-refractivity contribution in [3.8, 4) is 0 Å². The summed E-state index contributed by atoms with van der Waals surface area (Å²) in [7, 11) is 0. The van der Waals surface area contributed by atoms with Gasteiger partial charge in [-0.1, -0.05) is 18.2 Å². The Kier molecular flexibility index (Phi) is 4.48. The molecular weight excluding hydrogens is 268 g/mol. The van der Waals surface area contributed by atoms with E-state index in [1.165, 1.54) is 5.57 Å². The van der Waals surface area contributed by atoms with Crippen molar-refractivity contribution in [3.63, 3.8) is 0 Å². The number of hydrogen-bond acceptors (Lipinski definition) is 3. The highest BCUT2D eigenvalue weighted by molar-refractivity contribution is 7.08. The molecule has 108 valence electrons. The van der Waals surface area contributed by atoms with Crippen molar-refractivity contribution in [2.24, 2.45) is 5.92 Å². The average Bonchev–Trinajstić information content (AvgIpc) is 2.93. The van der Waals surface area contributed by atoms with E-state index in [1.807, 2.05) is 12.3 Å². The number of rotatable bonds is 4. The van der Waals surface area contributed by atoms with Crippen LogP contribution in [0.3, 0.4) is 0 Å². The molecule has 0 N–H and O–H groups in total. The maximum absolute atomic E-state index is 12.0. The molecule has 0 aromatic carbocycles. The summed E-state index contributed by atoms with van der Waals surface area (Å²) in [5.41, 5.74) is 2.41. The SMILES string of the molecule is C=C(C)C(=O)OC(C)(c1ccsc1)C1CC=C(C)CC1. The Labute approximate surface area is 125 Å². The Balaban J connectivity index is 2.29. The van der Waals surface area contributed by atoms with Crippen molar-refractivity contribution >= 4 is 17.3 Å². The van der Waals surface area contributed by atoms with E-state index in [9.17, 15) is 4.79 Å². The largest absolute Gasteiger partial charge is 0.451 e. The molecular formula is C17H22O2S. The molecule has 1 aliphatic rings. The van der Waals surface area contributed by atoms with Gasteiger partial charge in [0.05, 0.1) is 0 Å². The molecule has 1 aromatic rings. The second-order valence-corrected chi connectivity index (χ2v) is 6.59. The summed E-state index contributed by atoms with van der Waals surface area (Å²) in [5, 5.41) is 4.11. The van der Waals surface area contributed by atoms with Crippen LogP contribution in [0.15, 0.2) is 40.6 Å². The molecule has 0 bridgehead atoms. The highest BCUT2D eigenvalue weighted by atomic mass is 32.1. The monoisotopic (exact) mass is 290 g/mol. The lowest BCUT2D eigenvalue weighted by atomic mass is 9.75. The highest BCUT2D eigenvalue weighted by Crippen LogP contribution is 2.42. The number of ether oxygens (including phenoxy) is 1. The van der Waals surface area contributed by atoms with Crippen LogP contribution in [0, 0.1) is 5.92 Å². The lowest BCUT2D eigenvalue weighted by molar-refractivity contribution is -0.161. The number of hydrogen-bond donors (Lipinski definition) is 0. The van der Waals surface area contributed by atoms with E-state index in [0.717, 1.165) is 24.8 Å². The topological polar surface area (TPSA) is 26.3 Å². The smallest absolute Gasteiger partial charge is 0.333 e. The molecule has 0 amide bonds. The van der Waals surface area contributed by atoms with E-state index >= 15 is 0 Å². The summed E-state index contributed by atoms with van der Waals surface area (Å²) in [6.07, 6.45) is 5.36. The first-order valence-corrected chi connectivity index (χ1v) is 7.95. The van der Waals surface area contributed by atoms with Gasteiger partial charge in [-0.05, 0) is 56.9 Å². The van der Waals surface area contributed by atoms with Crippen molar-refractivity contribution in [1.82, 2.24) is 0 Å². The Morgan fingerprint density at radius 3 is 2.80 bits per heavy atom. The number of carbonyl (C=O) groups is 1. The Bertz CT molecular complexity index is 527. The van der Waals surface area contributed by atoms with Crippen LogP contribution < -0.4 is 0 Å². The number of allylic oxidation sites excluding steroid dienone is 2. The minimum atomic E-state index is -0.562. The standard InChI is InChI=1S/C17H22O2S/c1-12(2)16(18)19-17(4,15-9-10-20-11-15)14-7-5-13(3)6-8-14/h5,9-11,14H,1,6-8H2,2-4H3. The van der Waals surface area contributed by atoms with E-state index in [0.29, 0.717) is 11.5 Å². The molecule has 0 radical (unpaired) electrons. The van der Waals surface area contributed by atoms with Crippen molar-refractivity contribution in [2.45, 2.75) is 45.6 Å². The van der Waals surface area contributed by atoms with E-state index in [2.05, 4.69) is 31.0 Å². The third kappa shape index (κ3) is 3.04. The molecule has 2 unspecified atom stereocenters. The van der Waals surface area contributed by atoms with Gasteiger partial charge in [-0.3, -0.25) is 0 Å². The van der Waals surface area contributed by atoms with Crippen LogP contribution in [0.4, 0.5) is 0 Å².